The second kappa shape index (κ2) is 9.08. The van der Waals surface area contributed by atoms with Crippen molar-refractivity contribution in [3.63, 3.8) is 0 Å². The molecule has 0 spiro atoms. The summed E-state index contributed by atoms with van der Waals surface area (Å²) < 4.78 is 0. The van der Waals surface area contributed by atoms with Gasteiger partial charge in [-0.05, 0) is 42.2 Å². The van der Waals surface area contributed by atoms with Crippen molar-refractivity contribution in [1.29, 1.82) is 0 Å². The number of urea groups is 1. The summed E-state index contributed by atoms with van der Waals surface area (Å²) in [5.41, 5.74) is 8.18. The van der Waals surface area contributed by atoms with Gasteiger partial charge in [0.1, 0.15) is 0 Å². The van der Waals surface area contributed by atoms with E-state index in [9.17, 15) is 9.59 Å². The number of amides is 3. The van der Waals surface area contributed by atoms with Crippen LogP contribution in [-0.2, 0) is 11.2 Å². The SMILES string of the molecule is Cc1ccccc1C(CC(=O)NCCc1cccc(Cl)c1)NC(N)=O. The van der Waals surface area contributed by atoms with Crippen LogP contribution in [0.15, 0.2) is 48.5 Å². The van der Waals surface area contributed by atoms with Gasteiger partial charge in [0.25, 0.3) is 0 Å². The van der Waals surface area contributed by atoms with Crippen LogP contribution >= 0.6 is 11.6 Å². The Bertz CT molecular complexity index is 749. The Labute approximate surface area is 152 Å². The van der Waals surface area contributed by atoms with E-state index in [-0.39, 0.29) is 12.3 Å². The Morgan fingerprint density at radius 2 is 1.92 bits per heavy atom. The number of halogens is 1. The number of nitrogens with one attached hydrogen (secondary N) is 2. The van der Waals surface area contributed by atoms with Crippen molar-refractivity contribution in [2.75, 3.05) is 6.54 Å². The molecule has 3 amide bonds. The number of hydrogen-bond acceptors (Lipinski definition) is 2. The van der Waals surface area contributed by atoms with E-state index in [2.05, 4.69) is 10.6 Å². The van der Waals surface area contributed by atoms with Gasteiger partial charge < -0.3 is 16.4 Å². The van der Waals surface area contributed by atoms with Gasteiger partial charge in [-0.25, -0.2) is 4.79 Å². The zero-order valence-corrected chi connectivity index (χ0v) is 14.8. The minimum Gasteiger partial charge on any atom is -0.356 e. The summed E-state index contributed by atoms with van der Waals surface area (Å²) in [6, 6.07) is 14.0. The minimum absolute atomic E-state index is 0.128. The van der Waals surface area contributed by atoms with Crippen LogP contribution in [0.2, 0.25) is 5.02 Å². The smallest absolute Gasteiger partial charge is 0.312 e. The first-order chi connectivity index (χ1) is 12.0. The molecule has 2 aromatic carbocycles. The monoisotopic (exact) mass is 359 g/mol. The molecule has 25 heavy (non-hydrogen) atoms. The van der Waals surface area contributed by atoms with Crippen LogP contribution in [-0.4, -0.2) is 18.5 Å². The first kappa shape index (κ1) is 18.8. The molecule has 0 heterocycles. The highest BCUT2D eigenvalue weighted by atomic mass is 35.5. The van der Waals surface area contributed by atoms with Gasteiger partial charge in [0.2, 0.25) is 5.91 Å². The number of aryl methyl sites for hydroxylation is 1. The lowest BCUT2D eigenvalue weighted by Gasteiger charge is -2.19. The largest absolute Gasteiger partial charge is 0.356 e. The average molecular weight is 360 g/mol. The molecule has 132 valence electrons. The van der Waals surface area contributed by atoms with Crippen molar-refractivity contribution >= 4 is 23.5 Å². The highest BCUT2D eigenvalue weighted by Crippen LogP contribution is 2.20. The Kier molecular flexibility index (Phi) is 6.83. The third kappa shape index (κ3) is 6.12. The van der Waals surface area contributed by atoms with E-state index in [4.69, 9.17) is 17.3 Å². The number of carbonyl (C=O) groups excluding carboxylic acids is 2. The molecule has 2 aromatic rings. The summed E-state index contributed by atoms with van der Waals surface area (Å²) >= 11 is 5.95. The predicted molar refractivity (Wildman–Crippen MR) is 99.4 cm³/mol. The van der Waals surface area contributed by atoms with Gasteiger partial charge in [0, 0.05) is 11.6 Å². The van der Waals surface area contributed by atoms with Gasteiger partial charge >= 0.3 is 6.03 Å². The standard InChI is InChI=1S/C19H22ClN3O2/c1-13-5-2-3-8-16(13)17(23-19(21)25)12-18(24)22-10-9-14-6-4-7-15(20)11-14/h2-8,11,17H,9-10,12H2,1H3,(H,22,24)(H3,21,23,25). The van der Waals surface area contributed by atoms with Crippen molar-refractivity contribution < 1.29 is 9.59 Å². The molecule has 0 bridgehead atoms. The maximum absolute atomic E-state index is 12.2. The highest BCUT2D eigenvalue weighted by Gasteiger charge is 2.18. The first-order valence-corrected chi connectivity index (χ1v) is 8.46. The van der Waals surface area contributed by atoms with Gasteiger partial charge in [0.15, 0.2) is 0 Å². The molecule has 1 atom stereocenters. The molecule has 2 rings (SSSR count). The first-order valence-electron chi connectivity index (χ1n) is 8.08. The Balaban J connectivity index is 1.93. The molecular formula is C19H22ClN3O2. The second-order valence-corrected chi connectivity index (χ2v) is 6.29. The van der Waals surface area contributed by atoms with E-state index < -0.39 is 12.1 Å². The fourth-order valence-corrected chi connectivity index (χ4v) is 2.90. The third-order valence-corrected chi connectivity index (χ3v) is 4.13. The Hall–Kier alpha value is -2.53. The van der Waals surface area contributed by atoms with E-state index in [0.29, 0.717) is 18.0 Å². The van der Waals surface area contributed by atoms with Gasteiger partial charge in [0.05, 0.1) is 12.5 Å². The van der Waals surface area contributed by atoms with Crippen LogP contribution in [0.5, 0.6) is 0 Å². The lowest BCUT2D eigenvalue weighted by molar-refractivity contribution is -0.121. The maximum atomic E-state index is 12.2. The molecule has 6 heteroatoms. The summed E-state index contributed by atoms with van der Waals surface area (Å²) in [7, 11) is 0. The van der Waals surface area contributed by atoms with Gasteiger partial charge in [-0.2, -0.15) is 0 Å². The Morgan fingerprint density at radius 3 is 2.60 bits per heavy atom. The zero-order chi connectivity index (χ0) is 18.2. The summed E-state index contributed by atoms with van der Waals surface area (Å²) in [5, 5.41) is 6.19. The van der Waals surface area contributed by atoms with Crippen LogP contribution in [0, 0.1) is 6.92 Å². The molecule has 1 unspecified atom stereocenters. The fraction of sp³-hybridized carbons (Fsp3) is 0.263. The zero-order valence-electron chi connectivity index (χ0n) is 14.1. The molecule has 0 radical (unpaired) electrons. The van der Waals surface area contributed by atoms with Crippen molar-refractivity contribution in [1.82, 2.24) is 10.6 Å². The number of hydrogen-bond donors (Lipinski definition) is 3. The molecule has 0 fully saturated rings. The topological polar surface area (TPSA) is 84.2 Å². The molecule has 5 nitrogen and oxygen atoms in total. The van der Waals surface area contributed by atoms with E-state index in [1.54, 1.807) is 0 Å². The fourth-order valence-electron chi connectivity index (χ4n) is 2.68. The van der Waals surface area contributed by atoms with Crippen LogP contribution < -0.4 is 16.4 Å². The number of nitrogens with two attached hydrogens (primary N) is 1. The van der Waals surface area contributed by atoms with E-state index in [1.807, 2.05) is 55.5 Å². The van der Waals surface area contributed by atoms with E-state index in [0.717, 1.165) is 16.7 Å². The molecule has 0 aromatic heterocycles. The molecule has 0 aliphatic carbocycles. The predicted octanol–water partition coefficient (Wildman–Crippen LogP) is 3.11. The van der Waals surface area contributed by atoms with Crippen LogP contribution in [0.3, 0.4) is 0 Å². The summed E-state index contributed by atoms with van der Waals surface area (Å²) in [6.07, 6.45) is 0.813. The number of carbonyl (C=O) groups is 2. The second-order valence-electron chi connectivity index (χ2n) is 5.85. The molecule has 0 aliphatic heterocycles. The van der Waals surface area contributed by atoms with Crippen LogP contribution in [0.4, 0.5) is 4.79 Å². The molecule has 0 saturated heterocycles. The lowest BCUT2D eigenvalue weighted by Crippen LogP contribution is -2.37. The van der Waals surface area contributed by atoms with E-state index >= 15 is 0 Å². The maximum Gasteiger partial charge on any atom is 0.312 e. The summed E-state index contributed by atoms with van der Waals surface area (Å²) in [4.78, 5) is 23.5. The number of primary amides is 1. The third-order valence-electron chi connectivity index (χ3n) is 3.89. The quantitative estimate of drug-likeness (QED) is 0.709. The van der Waals surface area contributed by atoms with Crippen molar-refractivity contribution in [3.05, 3.63) is 70.2 Å². The van der Waals surface area contributed by atoms with E-state index in [1.165, 1.54) is 0 Å². The molecule has 4 N–H and O–H groups in total. The molecule has 0 aliphatic rings. The molecular weight excluding hydrogens is 338 g/mol. The van der Waals surface area contributed by atoms with Crippen LogP contribution in [0.25, 0.3) is 0 Å². The van der Waals surface area contributed by atoms with Gasteiger partial charge in [-0.15, -0.1) is 0 Å². The van der Waals surface area contributed by atoms with Crippen LogP contribution in [0.1, 0.15) is 29.2 Å². The van der Waals surface area contributed by atoms with Gasteiger partial charge in [-0.3, -0.25) is 4.79 Å². The Morgan fingerprint density at radius 1 is 1.16 bits per heavy atom. The minimum atomic E-state index is -0.653. The summed E-state index contributed by atoms with van der Waals surface area (Å²) in [5.74, 6) is -0.149. The lowest BCUT2D eigenvalue weighted by atomic mass is 9.98. The van der Waals surface area contributed by atoms with Gasteiger partial charge in [-0.1, -0.05) is 48.0 Å². The highest BCUT2D eigenvalue weighted by molar-refractivity contribution is 6.30. The number of rotatable bonds is 7. The summed E-state index contributed by atoms with van der Waals surface area (Å²) in [6.45, 7) is 2.43. The molecule has 0 saturated carbocycles. The average Bonchev–Trinajstić information content (AvgIpc) is 2.54. The normalized spacial score (nSPS) is 11.6. The van der Waals surface area contributed by atoms with Crippen molar-refractivity contribution in [2.24, 2.45) is 5.73 Å². The number of benzene rings is 2. The van der Waals surface area contributed by atoms with Crippen molar-refractivity contribution in [2.45, 2.75) is 25.8 Å². The van der Waals surface area contributed by atoms with Crippen molar-refractivity contribution in [3.8, 4) is 0 Å².